The summed E-state index contributed by atoms with van der Waals surface area (Å²) < 4.78 is 62.6. The van der Waals surface area contributed by atoms with Gasteiger partial charge in [0.25, 0.3) is 0 Å². The van der Waals surface area contributed by atoms with Gasteiger partial charge in [0.1, 0.15) is 5.82 Å². The molecule has 8 heteroatoms. The highest BCUT2D eigenvalue weighted by atomic mass is 19.4. The fourth-order valence-corrected chi connectivity index (χ4v) is 1.51. The quantitative estimate of drug-likeness (QED) is 0.827. The van der Waals surface area contributed by atoms with Gasteiger partial charge in [0.15, 0.2) is 0 Å². The molecule has 0 spiro atoms. The predicted molar refractivity (Wildman–Crippen MR) is 58.4 cm³/mol. The van der Waals surface area contributed by atoms with Crippen LogP contribution in [0.3, 0.4) is 0 Å². The molecule has 1 aromatic heterocycles. The number of alkyl halides is 5. The van der Waals surface area contributed by atoms with Gasteiger partial charge in [-0.3, -0.25) is 5.10 Å². The fraction of sp³-hybridized carbons (Fsp3) is 0.182. The summed E-state index contributed by atoms with van der Waals surface area (Å²) in [6.07, 6.45) is -5.62. The summed E-state index contributed by atoms with van der Waals surface area (Å²) in [6.45, 7) is 0. The topological polar surface area (TPSA) is 54.7 Å². The number of anilines is 1. The molecule has 0 saturated carbocycles. The van der Waals surface area contributed by atoms with Crippen LogP contribution in [0.15, 0.2) is 30.3 Å². The van der Waals surface area contributed by atoms with E-state index in [1.165, 1.54) is 6.07 Å². The molecule has 1 aromatic carbocycles. The SMILES string of the molecule is Nc1cc(-c2ccc(C(F)(F)C(F)(F)F)cc2)[nH]n1. The van der Waals surface area contributed by atoms with E-state index in [-0.39, 0.29) is 5.82 Å². The van der Waals surface area contributed by atoms with Crippen molar-refractivity contribution in [1.29, 1.82) is 0 Å². The molecule has 3 N–H and O–H groups in total. The number of hydrogen-bond donors (Lipinski definition) is 2. The Kier molecular flexibility index (Phi) is 2.95. The van der Waals surface area contributed by atoms with Gasteiger partial charge in [-0.25, -0.2) is 0 Å². The van der Waals surface area contributed by atoms with E-state index in [1.807, 2.05) is 0 Å². The fourth-order valence-electron chi connectivity index (χ4n) is 1.51. The number of H-pyrrole nitrogens is 1. The van der Waals surface area contributed by atoms with Crippen molar-refractivity contribution in [2.75, 3.05) is 5.73 Å². The first-order valence-electron chi connectivity index (χ1n) is 5.08. The van der Waals surface area contributed by atoms with Crippen LogP contribution in [0.2, 0.25) is 0 Å². The average Bonchev–Trinajstić information content (AvgIpc) is 2.74. The molecule has 0 saturated heterocycles. The first-order chi connectivity index (χ1) is 8.72. The zero-order valence-corrected chi connectivity index (χ0v) is 9.30. The first-order valence-corrected chi connectivity index (χ1v) is 5.08. The third-order valence-corrected chi connectivity index (χ3v) is 2.51. The number of nitrogens with zero attached hydrogens (tertiary/aromatic N) is 1. The maximum Gasteiger partial charge on any atom is 0.458 e. The number of aromatic nitrogens is 2. The Morgan fingerprint density at radius 1 is 1.00 bits per heavy atom. The summed E-state index contributed by atoms with van der Waals surface area (Å²) >= 11 is 0. The van der Waals surface area contributed by atoms with Crippen molar-refractivity contribution in [3.8, 4) is 11.3 Å². The molecular formula is C11H8F5N3. The van der Waals surface area contributed by atoms with E-state index in [2.05, 4.69) is 10.2 Å². The largest absolute Gasteiger partial charge is 0.458 e. The molecule has 2 rings (SSSR count). The number of halogens is 5. The molecular weight excluding hydrogens is 269 g/mol. The molecule has 0 atom stereocenters. The minimum atomic E-state index is -5.62. The lowest BCUT2D eigenvalue weighted by Crippen LogP contribution is -2.33. The highest BCUT2D eigenvalue weighted by molar-refractivity contribution is 5.62. The summed E-state index contributed by atoms with van der Waals surface area (Å²) in [5.41, 5.74) is 5.08. The van der Waals surface area contributed by atoms with Gasteiger partial charge in [0, 0.05) is 11.6 Å². The van der Waals surface area contributed by atoms with Crippen LogP contribution < -0.4 is 5.73 Å². The van der Waals surface area contributed by atoms with Crippen molar-refractivity contribution in [2.45, 2.75) is 12.1 Å². The van der Waals surface area contributed by atoms with Crippen LogP contribution in [0, 0.1) is 0 Å². The molecule has 0 aliphatic carbocycles. The maximum atomic E-state index is 13.0. The standard InChI is InChI=1S/C11H8F5N3/c12-10(13,11(14,15)16)7-3-1-6(2-4-7)8-5-9(17)19-18-8/h1-5H,(H3,17,18,19). The van der Waals surface area contributed by atoms with E-state index in [0.717, 1.165) is 24.3 Å². The van der Waals surface area contributed by atoms with E-state index < -0.39 is 17.7 Å². The van der Waals surface area contributed by atoms with Crippen LogP contribution in [-0.4, -0.2) is 16.4 Å². The van der Waals surface area contributed by atoms with Crippen molar-refractivity contribution >= 4 is 5.82 Å². The van der Waals surface area contributed by atoms with Gasteiger partial charge in [0.05, 0.1) is 5.69 Å². The minimum Gasteiger partial charge on any atom is -0.382 e. The summed E-state index contributed by atoms with van der Waals surface area (Å²) in [4.78, 5) is 0. The van der Waals surface area contributed by atoms with Gasteiger partial charge < -0.3 is 5.73 Å². The van der Waals surface area contributed by atoms with E-state index in [0.29, 0.717) is 11.3 Å². The average molecular weight is 277 g/mol. The Balaban J connectivity index is 2.34. The number of hydrogen-bond acceptors (Lipinski definition) is 2. The van der Waals surface area contributed by atoms with Gasteiger partial charge >= 0.3 is 12.1 Å². The molecule has 1 heterocycles. The lowest BCUT2D eigenvalue weighted by atomic mass is 10.0. The van der Waals surface area contributed by atoms with Crippen molar-refractivity contribution < 1.29 is 22.0 Å². The molecule has 0 aliphatic rings. The Morgan fingerprint density at radius 3 is 2.00 bits per heavy atom. The number of nitrogens with two attached hydrogens (primary N) is 1. The van der Waals surface area contributed by atoms with Crippen LogP contribution in [0.1, 0.15) is 5.56 Å². The number of nitrogen functional groups attached to an aromatic ring is 1. The van der Waals surface area contributed by atoms with Crippen molar-refractivity contribution in [3.63, 3.8) is 0 Å². The summed E-state index contributed by atoms with van der Waals surface area (Å²) in [6, 6.07) is 5.17. The first kappa shape index (κ1) is 13.3. The van der Waals surface area contributed by atoms with Crippen LogP contribution in [0.25, 0.3) is 11.3 Å². The predicted octanol–water partition coefficient (Wildman–Crippen LogP) is 3.31. The van der Waals surface area contributed by atoms with Crippen LogP contribution in [0.4, 0.5) is 27.8 Å². The molecule has 0 unspecified atom stereocenters. The van der Waals surface area contributed by atoms with Gasteiger partial charge in [0.2, 0.25) is 0 Å². The van der Waals surface area contributed by atoms with Crippen LogP contribution in [0.5, 0.6) is 0 Å². The third-order valence-electron chi connectivity index (χ3n) is 2.51. The lowest BCUT2D eigenvalue weighted by molar-refractivity contribution is -0.289. The van der Waals surface area contributed by atoms with E-state index >= 15 is 0 Å². The van der Waals surface area contributed by atoms with E-state index in [9.17, 15) is 22.0 Å². The van der Waals surface area contributed by atoms with Gasteiger partial charge in [-0.1, -0.05) is 24.3 Å². The van der Waals surface area contributed by atoms with Gasteiger partial charge in [-0.2, -0.15) is 27.1 Å². The van der Waals surface area contributed by atoms with Crippen LogP contribution >= 0.6 is 0 Å². The number of rotatable bonds is 2. The Bertz CT molecular complexity index is 571. The Morgan fingerprint density at radius 2 is 1.58 bits per heavy atom. The van der Waals surface area contributed by atoms with E-state index in [4.69, 9.17) is 5.73 Å². The minimum absolute atomic E-state index is 0.194. The molecule has 3 nitrogen and oxygen atoms in total. The van der Waals surface area contributed by atoms with Crippen molar-refractivity contribution in [1.82, 2.24) is 10.2 Å². The molecule has 0 bridgehead atoms. The number of aromatic amines is 1. The van der Waals surface area contributed by atoms with Crippen LogP contribution in [-0.2, 0) is 5.92 Å². The highest BCUT2D eigenvalue weighted by Crippen LogP contribution is 2.44. The zero-order valence-electron chi connectivity index (χ0n) is 9.30. The second-order valence-electron chi connectivity index (χ2n) is 3.86. The molecule has 0 radical (unpaired) electrons. The number of benzene rings is 1. The Labute approximate surface area is 104 Å². The third kappa shape index (κ3) is 2.38. The second kappa shape index (κ2) is 4.22. The lowest BCUT2D eigenvalue weighted by Gasteiger charge is -2.19. The molecule has 0 amide bonds. The molecule has 102 valence electrons. The molecule has 0 aliphatic heterocycles. The maximum absolute atomic E-state index is 13.0. The summed E-state index contributed by atoms with van der Waals surface area (Å²) in [7, 11) is 0. The normalized spacial score (nSPS) is 12.7. The zero-order chi connectivity index (χ0) is 14.3. The van der Waals surface area contributed by atoms with Gasteiger partial charge in [-0.05, 0) is 5.56 Å². The monoisotopic (exact) mass is 277 g/mol. The smallest absolute Gasteiger partial charge is 0.382 e. The highest BCUT2D eigenvalue weighted by Gasteiger charge is 2.58. The number of nitrogens with one attached hydrogen (secondary N) is 1. The van der Waals surface area contributed by atoms with Crippen molar-refractivity contribution in [3.05, 3.63) is 35.9 Å². The summed E-state index contributed by atoms with van der Waals surface area (Å²) in [5.74, 6) is -4.68. The summed E-state index contributed by atoms with van der Waals surface area (Å²) in [5, 5.41) is 6.15. The second-order valence-corrected chi connectivity index (χ2v) is 3.86. The molecule has 0 fully saturated rings. The van der Waals surface area contributed by atoms with Gasteiger partial charge in [-0.15, -0.1) is 0 Å². The Hall–Kier alpha value is -2.12. The van der Waals surface area contributed by atoms with Crippen molar-refractivity contribution in [2.24, 2.45) is 0 Å². The molecule has 19 heavy (non-hydrogen) atoms. The van der Waals surface area contributed by atoms with E-state index in [1.54, 1.807) is 0 Å². The molecule has 2 aromatic rings.